The molecule has 33 heavy (non-hydrogen) atoms. The Bertz CT molecular complexity index is 1070. The minimum absolute atomic E-state index is 0.0703. The number of hydrogen-bond acceptors (Lipinski definition) is 5. The molecule has 1 amide bonds. The number of hydrogen-bond donors (Lipinski definition) is 3. The van der Waals surface area contributed by atoms with Gasteiger partial charge in [-0.2, -0.15) is 5.10 Å². The second-order valence-electron chi connectivity index (χ2n) is 8.32. The summed E-state index contributed by atoms with van der Waals surface area (Å²) in [7, 11) is 1.88. The van der Waals surface area contributed by atoms with Crippen LogP contribution in [-0.4, -0.2) is 40.0 Å². The quantitative estimate of drug-likeness (QED) is 0.388. The van der Waals surface area contributed by atoms with Gasteiger partial charge in [-0.05, 0) is 84.1 Å². The zero-order valence-corrected chi connectivity index (χ0v) is 20.3. The maximum absolute atomic E-state index is 12.6. The van der Waals surface area contributed by atoms with Gasteiger partial charge in [0.2, 0.25) is 5.91 Å². The highest BCUT2D eigenvalue weighted by molar-refractivity contribution is 9.10. The van der Waals surface area contributed by atoms with Crippen LogP contribution in [0.1, 0.15) is 31.2 Å². The summed E-state index contributed by atoms with van der Waals surface area (Å²) in [4.78, 5) is 12.6. The zero-order valence-electron chi connectivity index (χ0n) is 18.7. The van der Waals surface area contributed by atoms with Crippen molar-refractivity contribution in [3.63, 3.8) is 0 Å². The van der Waals surface area contributed by atoms with Crippen molar-refractivity contribution in [3.05, 3.63) is 58.7 Å². The molecule has 1 saturated heterocycles. The van der Waals surface area contributed by atoms with Crippen LogP contribution in [0.2, 0.25) is 0 Å². The second kappa shape index (κ2) is 10.9. The van der Waals surface area contributed by atoms with Crippen LogP contribution in [0, 0.1) is 0 Å². The van der Waals surface area contributed by atoms with Crippen molar-refractivity contribution in [1.82, 2.24) is 15.1 Å². The number of amides is 1. The van der Waals surface area contributed by atoms with Crippen LogP contribution >= 0.6 is 15.9 Å². The van der Waals surface area contributed by atoms with Gasteiger partial charge in [-0.15, -0.1) is 0 Å². The van der Waals surface area contributed by atoms with Gasteiger partial charge < -0.3 is 20.5 Å². The topological polar surface area (TPSA) is 88.4 Å². The van der Waals surface area contributed by atoms with Crippen LogP contribution in [0.4, 0.5) is 5.69 Å². The summed E-state index contributed by atoms with van der Waals surface area (Å²) in [6.45, 7) is 1.71. The number of rotatable bonds is 9. The molecule has 0 radical (unpaired) electrons. The van der Waals surface area contributed by atoms with Gasteiger partial charge in [0.25, 0.3) is 0 Å². The van der Waals surface area contributed by atoms with Crippen LogP contribution in [0.5, 0.6) is 11.5 Å². The number of carbonyl (C=O) groups is 1. The van der Waals surface area contributed by atoms with Crippen molar-refractivity contribution in [2.45, 2.75) is 38.1 Å². The molecule has 2 heterocycles. The van der Waals surface area contributed by atoms with Crippen LogP contribution in [-0.2, 0) is 18.3 Å². The van der Waals surface area contributed by atoms with E-state index in [1.807, 2.05) is 37.4 Å². The highest BCUT2D eigenvalue weighted by Crippen LogP contribution is 2.37. The molecule has 1 fully saturated rings. The lowest BCUT2D eigenvalue weighted by molar-refractivity contribution is -0.116. The summed E-state index contributed by atoms with van der Waals surface area (Å²) in [5.41, 5.74) is 3.48. The van der Waals surface area contributed by atoms with Crippen LogP contribution < -0.4 is 15.4 Å². The van der Waals surface area contributed by atoms with E-state index in [2.05, 4.69) is 31.7 Å². The molecule has 1 atom stereocenters. The molecular formula is C25H29BrN4O3. The number of aromatic hydroxyl groups is 1. The lowest BCUT2D eigenvalue weighted by atomic mass is 10.1. The van der Waals surface area contributed by atoms with E-state index in [-0.39, 0.29) is 11.7 Å². The van der Waals surface area contributed by atoms with E-state index in [1.165, 1.54) is 12.8 Å². The molecular weight excluding hydrogens is 484 g/mol. The van der Waals surface area contributed by atoms with Crippen molar-refractivity contribution in [3.8, 4) is 22.8 Å². The Morgan fingerprint density at radius 2 is 2.12 bits per heavy atom. The van der Waals surface area contributed by atoms with E-state index in [4.69, 9.17) is 4.74 Å². The number of phenolic OH excluding ortho intramolecular Hbond substituents is 1. The number of phenols is 1. The molecule has 1 aromatic heterocycles. The van der Waals surface area contributed by atoms with E-state index in [9.17, 15) is 9.90 Å². The molecule has 0 spiro atoms. The van der Waals surface area contributed by atoms with Gasteiger partial charge in [-0.25, -0.2) is 0 Å². The van der Waals surface area contributed by atoms with Crippen molar-refractivity contribution >= 4 is 27.5 Å². The van der Waals surface area contributed by atoms with E-state index < -0.39 is 0 Å². The Morgan fingerprint density at radius 3 is 2.82 bits per heavy atom. The largest absolute Gasteiger partial charge is 0.508 e. The molecule has 2 aromatic carbocycles. The van der Waals surface area contributed by atoms with E-state index in [1.54, 1.807) is 23.0 Å². The first-order chi connectivity index (χ1) is 16.0. The smallest absolute Gasteiger partial charge is 0.224 e. The van der Waals surface area contributed by atoms with Crippen LogP contribution in [0.15, 0.2) is 53.1 Å². The molecule has 7 nitrogen and oxygen atoms in total. The van der Waals surface area contributed by atoms with Crippen LogP contribution in [0.25, 0.3) is 11.3 Å². The number of nitrogens with zero attached hydrogens (tertiary/aromatic N) is 2. The molecule has 3 N–H and O–H groups in total. The second-order valence-corrected chi connectivity index (χ2v) is 9.18. The van der Waals surface area contributed by atoms with Gasteiger partial charge in [-0.3, -0.25) is 9.48 Å². The molecule has 8 heteroatoms. The number of benzene rings is 2. The molecule has 0 bridgehead atoms. The first-order valence-corrected chi connectivity index (χ1v) is 12.0. The van der Waals surface area contributed by atoms with Crippen molar-refractivity contribution in [2.24, 2.45) is 7.05 Å². The lowest BCUT2D eigenvalue weighted by Gasteiger charge is -2.16. The lowest BCUT2D eigenvalue weighted by Crippen LogP contribution is -2.23. The fourth-order valence-corrected chi connectivity index (χ4v) is 4.65. The predicted molar refractivity (Wildman–Crippen MR) is 133 cm³/mol. The first kappa shape index (κ1) is 23.3. The van der Waals surface area contributed by atoms with Gasteiger partial charge in [0.15, 0.2) is 0 Å². The van der Waals surface area contributed by atoms with E-state index in [0.717, 1.165) is 40.0 Å². The number of anilines is 1. The fraction of sp³-hybridized carbons (Fsp3) is 0.360. The number of ether oxygens (including phenoxy) is 1. The Kier molecular flexibility index (Phi) is 7.67. The highest BCUT2D eigenvalue weighted by Gasteiger charge is 2.18. The third-order valence-corrected chi connectivity index (χ3v) is 6.46. The van der Waals surface area contributed by atoms with Gasteiger partial charge in [0.05, 0.1) is 23.0 Å². The number of halogens is 1. The number of nitrogens with one attached hydrogen (secondary N) is 2. The Hall–Kier alpha value is -2.84. The molecule has 1 aliphatic rings. The van der Waals surface area contributed by atoms with Gasteiger partial charge in [0, 0.05) is 30.8 Å². The van der Waals surface area contributed by atoms with E-state index in [0.29, 0.717) is 31.2 Å². The maximum atomic E-state index is 12.6. The maximum Gasteiger partial charge on any atom is 0.224 e. The Labute approximate surface area is 202 Å². The van der Waals surface area contributed by atoms with Gasteiger partial charge >= 0.3 is 0 Å². The van der Waals surface area contributed by atoms with Crippen molar-refractivity contribution < 1.29 is 14.6 Å². The normalized spacial score (nSPS) is 15.5. The van der Waals surface area contributed by atoms with Crippen molar-refractivity contribution in [2.75, 3.05) is 18.5 Å². The minimum atomic E-state index is -0.0703. The number of carbonyl (C=O) groups excluding carboxylic acids is 1. The molecule has 1 aliphatic heterocycles. The summed E-state index contributed by atoms with van der Waals surface area (Å²) in [6, 6.07) is 13.1. The third-order valence-electron chi connectivity index (χ3n) is 5.88. The van der Waals surface area contributed by atoms with Crippen LogP contribution in [0.3, 0.4) is 0 Å². The zero-order chi connectivity index (χ0) is 23.2. The van der Waals surface area contributed by atoms with Crippen molar-refractivity contribution in [1.29, 1.82) is 0 Å². The molecule has 174 valence electrons. The Morgan fingerprint density at radius 1 is 1.30 bits per heavy atom. The van der Waals surface area contributed by atoms with E-state index >= 15 is 0 Å². The molecule has 1 unspecified atom stereocenters. The molecule has 0 aliphatic carbocycles. The Balaban J connectivity index is 1.46. The summed E-state index contributed by atoms with van der Waals surface area (Å²) in [6.07, 6.45) is 6.08. The standard InChI is InChI=1S/C25H29BrN4O3/c1-30-25(22(26)16-28-30)21-15-19(7-10-23(21)33-14-12-18-3-2-13-27-18)29-24(32)11-6-17-4-8-20(31)9-5-17/h4-5,7-10,15-16,18,27,31H,2-3,6,11-14H2,1H3,(H,29,32). The average Bonchev–Trinajstić information content (AvgIpc) is 3.44. The highest BCUT2D eigenvalue weighted by atomic mass is 79.9. The monoisotopic (exact) mass is 512 g/mol. The summed E-state index contributed by atoms with van der Waals surface area (Å²) in [5.74, 6) is 0.914. The summed E-state index contributed by atoms with van der Waals surface area (Å²) in [5, 5.41) is 20.2. The molecule has 3 aromatic rings. The number of aryl methyl sites for hydroxylation is 2. The SMILES string of the molecule is Cn1ncc(Br)c1-c1cc(NC(=O)CCc2ccc(O)cc2)ccc1OCCC1CCCN1. The molecule has 4 rings (SSSR count). The summed E-state index contributed by atoms with van der Waals surface area (Å²) < 4.78 is 8.83. The average molecular weight is 513 g/mol. The molecule has 0 saturated carbocycles. The minimum Gasteiger partial charge on any atom is -0.508 e. The number of aromatic nitrogens is 2. The fourth-order valence-electron chi connectivity index (χ4n) is 4.09. The van der Waals surface area contributed by atoms with Gasteiger partial charge in [0.1, 0.15) is 11.5 Å². The third kappa shape index (κ3) is 6.15. The predicted octanol–water partition coefficient (Wildman–Crippen LogP) is 4.65. The first-order valence-electron chi connectivity index (χ1n) is 11.3. The summed E-state index contributed by atoms with van der Waals surface area (Å²) >= 11 is 3.59. The van der Waals surface area contributed by atoms with Gasteiger partial charge in [-0.1, -0.05) is 12.1 Å².